The lowest BCUT2D eigenvalue weighted by molar-refractivity contribution is -0.145. The minimum absolute atomic E-state index is 0.0161. The Balaban J connectivity index is 2.72. The van der Waals surface area contributed by atoms with Gasteiger partial charge in [-0.25, -0.2) is 8.78 Å². The van der Waals surface area contributed by atoms with Crippen LogP contribution < -0.4 is 4.74 Å². The Kier molecular flexibility index (Phi) is 4.45. The highest BCUT2D eigenvalue weighted by Crippen LogP contribution is 2.47. The van der Waals surface area contributed by atoms with E-state index in [2.05, 4.69) is 0 Å². The lowest BCUT2D eigenvalue weighted by atomic mass is 9.68. The van der Waals surface area contributed by atoms with Crippen LogP contribution in [0.2, 0.25) is 0 Å². The van der Waals surface area contributed by atoms with Gasteiger partial charge in [-0.05, 0) is 25.8 Å². The van der Waals surface area contributed by atoms with Gasteiger partial charge in [-0.15, -0.1) is 0 Å². The molecule has 1 N–H and O–H groups in total. The number of hydrogen-bond donors (Lipinski definition) is 1. The van der Waals surface area contributed by atoms with Crippen molar-refractivity contribution < 1.29 is 23.4 Å². The number of rotatable bonds is 4. The Morgan fingerprint density at radius 2 is 1.86 bits per heavy atom. The number of aryl methyl sites for hydroxylation is 1. The van der Waals surface area contributed by atoms with E-state index in [1.54, 1.807) is 13.0 Å². The molecule has 0 unspecified atom stereocenters. The van der Waals surface area contributed by atoms with Crippen LogP contribution in [-0.4, -0.2) is 18.2 Å². The number of alkyl halides is 2. The zero-order valence-corrected chi connectivity index (χ0v) is 13.2. The van der Waals surface area contributed by atoms with E-state index in [-0.39, 0.29) is 11.3 Å². The zero-order chi connectivity index (χ0) is 16.5. The minimum atomic E-state index is -3.08. The summed E-state index contributed by atoms with van der Waals surface area (Å²) in [6.45, 7) is 2.51. The van der Waals surface area contributed by atoms with Crippen molar-refractivity contribution in [3.8, 4) is 5.75 Å². The highest BCUT2D eigenvalue weighted by Gasteiger charge is 2.45. The standard InChI is InChI=1S/C17H22F2O3/c1-11-9-12(16(2,18)19)14(22-3)13(10-11)17(15(20)21)7-5-4-6-8-17/h9-10H,4-8H2,1-3H3,(H,20,21). The van der Waals surface area contributed by atoms with E-state index in [1.165, 1.54) is 13.2 Å². The monoisotopic (exact) mass is 312 g/mol. The second-order valence-corrected chi connectivity index (χ2v) is 6.23. The molecule has 1 saturated carbocycles. The third-order valence-corrected chi connectivity index (χ3v) is 4.54. The van der Waals surface area contributed by atoms with Gasteiger partial charge in [0, 0.05) is 12.5 Å². The van der Waals surface area contributed by atoms with E-state index >= 15 is 0 Å². The highest BCUT2D eigenvalue weighted by molar-refractivity contribution is 5.83. The van der Waals surface area contributed by atoms with Crippen molar-refractivity contribution in [1.82, 2.24) is 0 Å². The van der Waals surface area contributed by atoms with Crippen LogP contribution in [0.25, 0.3) is 0 Å². The fraction of sp³-hybridized carbons (Fsp3) is 0.588. The van der Waals surface area contributed by atoms with Gasteiger partial charge in [0.2, 0.25) is 0 Å². The number of methoxy groups -OCH3 is 1. The zero-order valence-electron chi connectivity index (χ0n) is 13.2. The third kappa shape index (κ3) is 2.81. The van der Waals surface area contributed by atoms with E-state index in [1.807, 2.05) is 0 Å². The summed E-state index contributed by atoms with van der Waals surface area (Å²) in [5.41, 5.74) is -0.358. The number of aliphatic carboxylic acids is 1. The quantitative estimate of drug-likeness (QED) is 0.896. The van der Waals surface area contributed by atoms with Gasteiger partial charge in [0.1, 0.15) is 5.75 Å². The summed E-state index contributed by atoms with van der Waals surface area (Å²) >= 11 is 0. The fourth-order valence-corrected chi connectivity index (χ4v) is 3.43. The minimum Gasteiger partial charge on any atom is -0.496 e. The molecule has 0 spiro atoms. The second kappa shape index (κ2) is 5.86. The first-order chi connectivity index (χ1) is 10.2. The summed E-state index contributed by atoms with van der Waals surface area (Å²) in [5, 5.41) is 9.80. The number of carboxylic acid groups (broad SMARTS) is 1. The van der Waals surface area contributed by atoms with Gasteiger partial charge in [0.25, 0.3) is 5.92 Å². The molecule has 0 aromatic heterocycles. The molecule has 0 amide bonds. The molecule has 0 radical (unpaired) electrons. The Morgan fingerprint density at radius 1 is 1.27 bits per heavy atom. The molecule has 122 valence electrons. The van der Waals surface area contributed by atoms with E-state index < -0.39 is 17.3 Å². The maximum atomic E-state index is 13.9. The molecule has 1 aliphatic rings. The first-order valence-corrected chi connectivity index (χ1v) is 7.53. The van der Waals surface area contributed by atoms with Gasteiger partial charge in [-0.1, -0.05) is 30.9 Å². The predicted octanol–water partition coefficient (Wildman–Crippen LogP) is 4.40. The van der Waals surface area contributed by atoms with Crippen LogP contribution in [0.4, 0.5) is 8.78 Å². The first kappa shape index (κ1) is 16.7. The molecule has 1 aromatic carbocycles. The molecule has 3 nitrogen and oxygen atoms in total. The Labute approximate surface area is 129 Å². The van der Waals surface area contributed by atoms with Crippen molar-refractivity contribution in [2.45, 2.75) is 57.3 Å². The predicted molar refractivity (Wildman–Crippen MR) is 79.7 cm³/mol. The lowest BCUT2D eigenvalue weighted by Gasteiger charge is -2.35. The molecular weight excluding hydrogens is 290 g/mol. The molecule has 0 saturated heterocycles. The van der Waals surface area contributed by atoms with E-state index in [9.17, 15) is 18.7 Å². The lowest BCUT2D eigenvalue weighted by Crippen LogP contribution is -2.38. The topological polar surface area (TPSA) is 46.5 Å². The van der Waals surface area contributed by atoms with Gasteiger partial charge >= 0.3 is 5.97 Å². The van der Waals surface area contributed by atoms with Crippen molar-refractivity contribution in [3.63, 3.8) is 0 Å². The van der Waals surface area contributed by atoms with Crippen LogP contribution in [0.15, 0.2) is 12.1 Å². The molecule has 2 rings (SSSR count). The second-order valence-electron chi connectivity index (χ2n) is 6.23. The fourth-order valence-electron chi connectivity index (χ4n) is 3.43. The van der Waals surface area contributed by atoms with E-state index in [4.69, 9.17) is 4.74 Å². The van der Waals surface area contributed by atoms with Crippen molar-refractivity contribution >= 4 is 5.97 Å². The number of carbonyl (C=O) groups is 1. The first-order valence-electron chi connectivity index (χ1n) is 7.53. The smallest absolute Gasteiger partial charge is 0.314 e. The summed E-state index contributed by atoms with van der Waals surface area (Å²) in [7, 11) is 1.32. The molecule has 0 bridgehead atoms. The van der Waals surface area contributed by atoms with Crippen molar-refractivity contribution in [3.05, 3.63) is 28.8 Å². The Morgan fingerprint density at radius 3 is 2.32 bits per heavy atom. The van der Waals surface area contributed by atoms with Crippen molar-refractivity contribution in [2.24, 2.45) is 0 Å². The van der Waals surface area contributed by atoms with Crippen LogP contribution in [0, 0.1) is 6.92 Å². The molecule has 0 heterocycles. The van der Waals surface area contributed by atoms with Crippen molar-refractivity contribution in [1.29, 1.82) is 0 Å². The van der Waals surface area contributed by atoms with Crippen LogP contribution in [0.5, 0.6) is 5.75 Å². The number of halogens is 2. The molecule has 1 fully saturated rings. The van der Waals surface area contributed by atoms with Crippen LogP contribution in [0.3, 0.4) is 0 Å². The van der Waals surface area contributed by atoms with Gasteiger partial charge in [0.05, 0.1) is 18.1 Å². The molecule has 1 aromatic rings. The molecule has 5 heteroatoms. The molecule has 0 aliphatic heterocycles. The number of benzene rings is 1. The summed E-state index contributed by atoms with van der Waals surface area (Å²) in [6, 6.07) is 3.06. The van der Waals surface area contributed by atoms with E-state index in [0.717, 1.165) is 26.2 Å². The average molecular weight is 312 g/mol. The third-order valence-electron chi connectivity index (χ3n) is 4.54. The molecule has 0 atom stereocenters. The summed E-state index contributed by atoms with van der Waals surface area (Å²) in [4.78, 5) is 12.0. The van der Waals surface area contributed by atoms with Crippen LogP contribution in [-0.2, 0) is 16.1 Å². The van der Waals surface area contributed by atoms with Gasteiger partial charge in [0.15, 0.2) is 0 Å². The van der Waals surface area contributed by atoms with Crippen molar-refractivity contribution in [2.75, 3.05) is 7.11 Å². The number of ether oxygens (including phenoxy) is 1. The van der Waals surface area contributed by atoms with Crippen LogP contribution >= 0.6 is 0 Å². The van der Waals surface area contributed by atoms with Gasteiger partial charge < -0.3 is 9.84 Å². The normalized spacial score (nSPS) is 18.0. The maximum absolute atomic E-state index is 13.9. The molecule has 22 heavy (non-hydrogen) atoms. The average Bonchev–Trinajstić information content (AvgIpc) is 2.46. The largest absolute Gasteiger partial charge is 0.496 e. The van der Waals surface area contributed by atoms with Gasteiger partial charge in [-0.2, -0.15) is 0 Å². The Bertz CT molecular complexity index is 570. The summed E-state index contributed by atoms with van der Waals surface area (Å²) < 4.78 is 33.1. The number of hydrogen-bond acceptors (Lipinski definition) is 2. The summed E-state index contributed by atoms with van der Waals surface area (Å²) in [6.07, 6.45) is 3.44. The van der Waals surface area contributed by atoms with E-state index in [0.29, 0.717) is 24.0 Å². The number of carboxylic acids is 1. The maximum Gasteiger partial charge on any atom is 0.314 e. The SMILES string of the molecule is COc1c(C(C)(F)F)cc(C)cc1C1(C(=O)O)CCCCC1. The van der Waals surface area contributed by atoms with Gasteiger partial charge in [-0.3, -0.25) is 4.79 Å². The van der Waals surface area contributed by atoms with Crippen LogP contribution in [0.1, 0.15) is 55.7 Å². The Hall–Kier alpha value is -1.65. The summed E-state index contributed by atoms with van der Waals surface area (Å²) in [5.74, 6) is -4.02. The molecular formula is C17H22F2O3. The highest BCUT2D eigenvalue weighted by atomic mass is 19.3. The molecule has 1 aliphatic carbocycles.